The van der Waals surface area contributed by atoms with Crippen molar-refractivity contribution < 1.29 is 13.5 Å². The molecule has 0 heterocycles. The molecule has 0 aliphatic heterocycles. The number of benzene rings is 2. The van der Waals surface area contributed by atoms with Gasteiger partial charge in [0.15, 0.2) is 11.6 Å². The molecule has 1 atom stereocenters. The Morgan fingerprint density at radius 3 is 2.52 bits per heavy atom. The van der Waals surface area contributed by atoms with Crippen LogP contribution in [0, 0.1) is 25.5 Å². The molecule has 2 aromatic rings. The molecule has 1 unspecified atom stereocenters. The Balaban J connectivity index is 2.12. The van der Waals surface area contributed by atoms with Gasteiger partial charge >= 0.3 is 0 Å². The van der Waals surface area contributed by atoms with Crippen LogP contribution in [0.15, 0.2) is 36.4 Å². The zero-order valence-corrected chi connectivity index (χ0v) is 12.4. The summed E-state index contributed by atoms with van der Waals surface area (Å²) in [5, 5.41) is 2.95. The van der Waals surface area contributed by atoms with Crippen LogP contribution < -0.4 is 10.1 Å². The van der Waals surface area contributed by atoms with E-state index in [0.29, 0.717) is 0 Å². The lowest BCUT2D eigenvalue weighted by molar-refractivity contribution is 0.268. The fourth-order valence-electron chi connectivity index (χ4n) is 2.10. The first-order valence-electron chi connectivity index (χ1n) is 6.84. The van der Waals surface area contributed by atoms with Gasteiger partial charge in [0.05, 0.1) is 6.04 Å². The highest BCUT2D eigenvalue weighted by Crippen LogP contribution is 2.22. The SMILES string of the molecule is CNC(COc1ccc(C)c(C)c1)c1cccc(F)c1F. The van der Waals surface area contributed by atoms with Gasteiger partial charge in [-0.15, -0.1) is 0 Å². The van der Waals surface area contributed by atoms with E-state index in [1.54, 1.807) is 13.1 Å². The normalized spacial score (nSPS) is 12.2. The van der Waals surface area contributed by atoms with Crippen molar-refractivity contribution >= 4 is 0 Å². The van der Waals surface area contributed by atoms with Crippen LogP contribution in [0.4, 0.5) is 8.78 Å². The van der Waals surface area contributed by atoms with E-state index in [2.05, 4.69) is 5.32 Å². The first kappa shape index (κ1) is 15.4. The number of rotatable bonds is 5. The summed E-state index contributed by atoms with van der Waals surface area (Å²) in [5.41, 5.74) is 2.58. The van der Waals surface area contributed by atoms with E-state index in [1.165, 1.54) is 11.6 Å². The van der Waals surface area contributed by atoms with Crippen LogP contribution in [0.2, 0.25) is 0 Å². The minimum absolute atomic E-state index is 0.222. The lowest BCUT2D eigenvalue weighted by atomic mass is 10.1. The Morgan fingerprint density at radius 2 is 1.86 bits per heavy atom. The highest BCUT2D eigenvalue weighted by atomic mass is 19.2. The smallest absolute Gasteiger partial charge is 0.163 e. The van der Waals surface area contributed by atoms with E-state index in [9.17, 15) is 8.78 Å². The molecule has 0 amide bonds. The van der Waals surface area contributed by atoms with Gasteiger partial charge in [-0.3, -0.25) is 0 Å². The van der Waals surface area contributed by atoms with E-state index in [-0.39, 0.29) is 12.2 Å². The van der Waals surface area contributed by atoms with Crippen molar-refractivity contribution in [1.82, 2.24) is 5.32 Å². The molecule has 0 saturated heterocycles. The van der Waals surface area contributed by atoms with Gasteiger partial charge in [-0.05, 0) is 50.2 Å². The van der Waals surface area contributed by atoms with Crippen molar-refractivity contribution in [1.29, 1.82) is 0 Å². The predicted molar refractivity (Wildman–Crippen MR) is 79.6 cm³/mol. The molecule has 0 aliphatic rings. The van der Waals surface area contributed by atoms with Crippen LogP contribution in [0.1, 0.15) is 22.7 Å². The highest BCUT2D eigenvalue weighted by molar-refractivity contribution is 5.34. The molecule has 4 heteroatoms. The average molecular weight is 291 g/mol. The fourth-order valence-corrected chi connectivity index (χ4v) is 2.10. The van der Waals surface area contributed by atoms with Crippen LogP contribution in [0.25, 0.3) is 0 Å². The Hall–Kier alpha value is -1.94. The molecule has 112 valence electrons. The Bertz CT molecular complexity index is 628. The number of aryl methyl sites for hydroxylation is 2. The second-order valence-corrected chi connectivity index (χ2v) is 5.04. The summed E-state index contributed by atoms with van der Waals surface area (Å²) in [4.78, 5) is 0. The third-order valence-corrected chi connectivity index (χ3v) is 3.60. The van der Waals surface area contributed by atoms with Crippen molar-refractivity contribution in [2.24, 2.45) is 0 Å². The van der Waals surface area contributed by atoms with Crippen molar-refractivity contribution in [3.8, 4) is 5.75 Å². The number of nitrogens with one attached hydrogen (secondary N) is 1. The van der Waals surface area contributed by atoms with Gasteiger partial charge in [-0.25, -0.2) is 8.78 Å². The standard InChI is InChI=1S/C17H19F2NO/c1-11-7-8-13(9-12(11)2)21-10-16(20-3)14-5-4-6-15(18)17(14)19/h4-9,16,20H,10H2,1-3H3. The highest BCUT2D eigenvalue weighted by Gasteiger charge is 2.17. The summed E-state index contributed by atoms with van der Waals surface area (Å²) in [6.45, 7) is 4.25. The summed E-state index contributed by atoms with van der Waals surface area (Å²) < 4.78 is 32.8. The summed E-state index contributed by atoms with van der Waals surface area (Å²) in [7, 11) is 1.69. The van der Waals surface area contributed by atoms with Gasteiger partial charge < -0.3 is 10.1 Å². The van der Waals surface area contributed by atoms with Crippen molar-refractivity contribution in [3.63, 3.8) is 0 Å². The number of likely N-dealkylation sites (N-methyl/N-ethyl adjacent to an activating group) is 1. The largest absolute Gasteiger partial charge is 0.492 e. The van der Waals surface area contributed by atoms with Crippen LogP contribution in [0.5, 0.6) is 5.75 Å². The van der Waals surface area contributed by atoms with Gasteiger partial charge in [-0.1, -0.05) is 18.2 Å². The summed E-state index contributed by atoms with van der Waals surface area (Å²) >= 11 is 0. The van der Waals surface area contributed by atoms with E-state index in [4.69, 9.17) is 4.74 Å². The molecule has 0 radical (unpaired) electrons. The third-order valence-electron chi connectivity index (χ3n) is 3.60. The van der Waals surface area contributed by atoms with E-state index in [1.807, 2.05) is 32.0 Å². The Kier molecular flexibility index (Phi) is 4.91. The maximum Gasteiger partial charge on any atom is 0.163 e. The average Bonchev–Trinajstić information content (AvgIpc) is 2.47. The molecule has 2 rings (SSSR count). The van der Waals surface area contributed by atoms with Crippen molar-refractivity contribution in [2.75, 3.05) is 13.7 Å². The van der Waals surface area contributed by atoms with Crippen molar-refractivity contribution in [2.45, 2.75) is 19.9 Å². The van der Waals surface area contributed by atoms with Gasteiger partial charge in [0.25, 0.3) is 0 Å². The number of ether oxygens (including phenoxy) is 1. The molecular weight excluding hydrogens is 272 g/mol. The van der Waals surface area contributed by atoms with Crippen LogP contribution in [-0.4, -0.2) is 13.7 Å². The third kappa shape index (κ3) is 3.58. The van der Waals surface area contributed by atoms with E-state index < -0.39 is 17.7 Å². The monoisotopic (exact) mass is 291 g/mol. The zero-order chi connectivity index (χ0) is 15.4. The fraction of sp³-hybridized carbons (Fsp3) is 0.294. The number of halogens is 2. The first-order chi connectivity index (χ1) is 10.0. The maximum absolute atomic E-state index is 13.8. The summed E-state index contributed by atoms with van der Waals surface area (Å²) in [6.07, 6.45) is 0. The van der Waals surface area contributed by atoms with Gasteiger partial charge in [0, 0.05) is 5.56 Å². The zero-order valence-electron chi connectivity index (χ0n) is 12.4. The maximum atomic E-state index is 13.8. The number of hydrogen-bond acceptors (Lipinski definition) is 2. The van der Waals surface area contributed by atoms with E-state index >= 15 is 0 Å². The lowest BCUT2D eigenvalue weighted by Gasteiger charge is -2.18. The quantitative estimate of drug-likeness (QED) is 0.901. The number of hydrogen-bond donors (Lipinski definition) is 1. The van der Waals surface area contributed by atoms with Gasteiger partial charge in [0.2, 0.25) is 0 Å². The van der Waals surface area contributed by atoms with Crippen molar-refractivity contribution in [3.05, 3.63) is 64.7 Å². The minimum atomic E-state index is -0.848. The van der Waals surface area contributed by atoms with Crippen LogP contribution in [0.3, 0.4) is 0 Å². The molecule has 0 fully saturated rings. The Morgan fingerprint density at radius 1 is 1.10 bits per heavy atom. The predicted octanol–water partition coefficient (Wildman–Crippen LogP) is 3.92. The molecule has 1 N–H and O–H groups in total. The van der Waals surface area contributed by atoms with Gasteiger partial charge in [0.1, 0.15) is 12.4 Å². The topological polar surface area (TPSA) is 21.3 Å². The van der Waals surface area contributed by atoms with E-state index in [0.717, 1.165) is 17.4 Å². The molecular formula is C17H19F2NO. The molecule has 0 bridgehead atoms. The Labute approximate surface area is 123 Å². The molecule has 0 saturated carbocycles. The summed E-state index contributed by atoms with van der Waals surface area (Å²) in [5.74, 6) is -0.963. The summed E-state index contributed by atoms with van der Waals surface area (Å²) in [6, 6.07) is 9.53. The van der Waals surface area contributed by atoms with Gasteiger partial charge in [-0.2, -0.15) is 0 Å². The lowest BCUT2D eigenvalue weighted by Crippen LogP contribution is -2.24. The minimum Gasteiger partial charge on any atom is -0.492 e. The molecule has 2 aromatic carbocycles. The van der Waals surface area contributed by atoms with Crippen LogP contribution >= 0.6 is 0 Å². The molecule has 0 aromatic heterocycles. The molecule has 21 heavy (non-hydrogen) atoms. The first-order valence-corrected chi connectivity index (χ1v) is 6.84. The molecule has 0 aliphatic carbocycles. The second-order valence-electron chi connectivity index (χ2n) is 5.04. The molecule has 0 spiro atoms. The van der Waals surface area contributed by atoms with Crippen LogP contribution in [-0.2, 0) is 0 Å². The second kappa shape index (κ2) is 6.68. The molecule has 2 nitrogen and oxygen atoms in total.